The number of rotatable bonds is 5. The van der Waals surface area contributed by atoms with Crippen molar-refractivity contribution in [1.82, 2.24) is 0 Å². The fraction of sp³-hybridized carbons (Fsp3) is 1.00. The van der Waals surface area contributed by atoms with Gasteiger partial charge in [-0.05, 0) is 0 Å². The predicted octanol–water partition coefficient (Wildman–Crippen LogP) is 0.524. The van der Waals surface area contributed by atoms with Gasteiger partial charge in [0.2, 0.25) is 0 Å². The molecule has 0 N–H and O–H groups in total. The Labute approximate surface area is 67.3 Å². The van der Waals surface area contributed by atoms with Crippen LogP contribution in [0.5, 0.6) is 0 Å². The minimum atomic E-state index is -0.742. The van der Waals surface area contributed by atoms with Crippen molar-refractivity contribution in [2.45, 2.75) is 13.8 Å². The van der Waals surface area contributed by atoms with Gasteiger partial charge < -0.3 is 0 Å². The van der Waals surface area contributed by atoms with Gasteiger partial charge in [0.25, 0.3) is 0 Å². The van der Waals surface area contributed by atoms with Gasteiger partial charge in [0.05, 0.1) is 0 Å². The van der Waals surface area contributed by atoms with E-state index in [4.69, 9.17) is 0 Å². The van der Waals surface area contributed by atoms with Crippen LogP contribution in [-0.2, 0) is 21.6 Å². The summed E-state index contributed by atoms with van der Waals surface area (Å²) in [6.07, 6.45) is 0. The van der Waals surface area contributed by atoms with E-state index in [2.05, 4.69) is 0 Å². The summed E-state index contributed by atoms with van der Waals surface area (Å²) in [5.74, 6) is 2.55. The lowest BCUT2D eigenvalue weighted by Crippen LogP contribution is -2.10. The van der Waals surface area contributed by atoms with Crippen LogP contribution in [0.15, 0.2) is 0 Å². The maximum absolute atomic E-state index is 10.8. The zero-order valence-corrected chi connectivity index (χ0v) is 8.09. The van der Waals surface area contributed by atoms with Crippen molar-refractivity contribution in [2.75, 3.05) is 23.0 Å². The third-order valence-corrected chi connectivity index (χ3v) is 4.05. The first-order chi connectivity index (χ1) is 4.70. The first-order valence-corrected chi connectivity index (χ1v) is 6.38. The molecule has 62 valence electrons. The molecule has 0 heterocycles. The maximum Gasteiger partial charge on any atom is 0.0350 e. The zero-order chi connectivity index (χ0) is 7.98. The van der Waals surface area contributed by atoms with Crippen molar-refractivity contribution in [3.8, 4) is 0 Å². The topological polar surface area (TPSA) is 34.1 Å². The summed E-state index contributed by atoms with van der Waals surface area (Å²) in [4.78, 5) is 0. The molecule has 0 aliphatic heterocycles. The third kappa shape index (κ3) is 5.11. The second-order valence-corrected chi connectivity index (χ2v) is 5.60. The van der Waals surface area contributed by atoms with Crippen LogP contribution in [0.2, 0.25) is 0 Å². The van der Waals surface area contributed by atoms with Gasteiger partial charge in [0.1, 0.15) is 0 Å². The normalized spacial score (nSPS) is 16.6. The Morgan fingerprint density at radius 1 is 0.900 bits per heavy atom. The van der Waals surface area contributed by atoms with E-state index in [1.165, 1.54) is 0 Å². The Kier molecular flexibility index (Phi) is 6.22. The second-order valence-electron chi connectivity index (χ2n) is 1.87. The summed E-state index contributed by atoms with van der Waals surface area (Å²) in [5.41, 5.74) is 0. The SMILES string of the molecule is CCS(=O)CCS(=O)CC. The van der Waals surface area contributed by atoms with E-state index in [0.29, 0.717) is 23.0 Å². The zero-order valence-electron chi connectivity index (χ0n) is 6.46. The lowest BCUT2D eigenvalue weighted by Gasteiger charge is -1.96. The summed E-state index contributed by atoms with van der Waals surface area (Å²) in [5, 5.41) is 0. The standard InChI is InChI=1S/C6H14O2S2/c1-3-9(7)5-6-10(8)4-2/h3-6H2,1-2H3. The van der Waals surface area contributed by atoms with Crippen LogP contribution in [-0.4, -0.2) is 31.4 Å². The monoisotopic (exact) mass is 182 g/mol. The molecule has 0 aromatic carbocycles. The van der Waals surface area contributed by atoms with Crippen molar-refractivity contribution >= 4 is 21.6 Å². The Morgan fingerprint density at radius 2 is 1.20 bits per heavy atom. The molecular weight excluding hydrogens is 168 g/mol. The van der Waals surface area contributed by atoms with Gasteiger partial charge in [-0.3, -0.25) is 8.42 Å². The molecule has 0 fully saturated rings. The molecule has 10 heavy (non-hydrogen) atoms. The fourth-order valence-corrected chi connectivity index (χ4v) is 2.54. The van der Waals surface area contributed by atoms with Crippen molar-refractivity contribution in [2.24, 2.45) is 0 Å². The lowest BCUT2D eigenvalue weighted by molar-refractivity contribution is 0.679. The van der Waals surface area contributed by atoms with Gasteiger partial charge >= 0.3 is 0 Å². The highest BCUT2D eigenvalue weighted by atomic mass is 32.2. The van der Waals surface area contributed by atoms with Gasteiger partial charge in [-0.1, -0.05) is 13.8 Å². The largest absolute Gasteiger partial charge is 0.260 e. The van der Waals surface area contributed by atoms with Gasteiger partial charge in [0.15, 0.2) is 0 Å². The Morgan fingerprint density at radius 3 is 1.40 bits per heavy atom. The van der Waals surface area contributed by atoms with Crippen molar-refractivity contribution in [1.29, 1.82) is 0 Å². The van der Waals surface area contributed by atoms with E-state index in [-0.39, 0.29) is 0 Å². The molecule has 0 spiro atoms. The van der Waals surface area contributed by atoms with Crippen LogP contribution < -0.4 is 0 Å². The van der Waals surface area contributed by atoms with E-state index in [1.807, 2.05) is 13.8 Å². The average Bonchev–Trinajstić information content (AvgIpc) is 1.99. The molecule has 0 rings (SSSR count). The highest BCUT2D eigenvalue weighted by Crippen LogP contribution is 1.86. The highest BCUT2D eigenvalue weighted by Gasteiger charge is 1.99. The van der Waals surface area contributed by atoms with Crippen LogP contribution in [0.4, 0.5) is 0 Å². The summed E-state index contributed by atoms with van der Waals surface area (Å²) in [7, 11) is -1.48. The van der Waals surface area contributed by atoms with Crippen LogP contribution in [0, 0.1) is 0 Å². The molecule has 2 unspecified atom stereocenters. The van der Waals surface area contributed by atoms with Crippen molar-refractivity contribution < 1.29 is 8.42 Å². The van der Waals surface area contributed by atoms with E-state index in [1.54, 1.807) is 0 Å². The average molecular weight is 182 g/mol. The van der Waals surface area contributed by atoms with E-state index >= 15 is 0 Å². The summed E-state index contributed by atoms with van der Waals surface area (Å²) < 4.78 is 21.6. The molecule has 0 aliphatic carbocycles. The first-order valence-electron chi connectivity index (χ1n) is 3.40. The summed E-state index contributed by atoms with van der Waals surface area (Å²) >= 11 is 0. The second kappa shape index (κ2) is 6.04. The van der Waals surface area contributed by atoms with Gasteiger partial charge in [-0.2, -0.15) is 0 Å². The highest BCUT2D eigenvalue weighted by molar-refractivity contribution is 7.88. The van der Waals surface area contributed by atoms with Gasteiger partial charge in [-0.25, -0.2) is 0 Å². The molecule has 0 aromatic heterocycles. The van der Waals surface area contributed by atoms with Crippen LogP contribution in [0.25, 0.3) is 0 Å². The van der Waals surface area contributed by atoms with Gasteiger partial charge in [-0.15, -0.1) is 0 Å². The summed E-state index contributed by atoms with van der Waals surface area (Å²) in [6, 6.07) is 0. The Balaban J connectivity index is 3.35. The minimum Gasteiger partial charge on any atom is -0.260 e. The minimum absolute atomic E-state index is 0.594. The molecule has 2 nitrogen and oxygen atoms in total. The van der Waals surface area contributed by atoms with Gasteiger partial charge in [0, 0.05) is 44.6 Å². The molecule has 4 heteroatoms. The van der Waals surface area contributed by atoms with Crippen molar-refractivity contribution in [3.63, 3.8) is 0 Å². The Bertz CT molecular complexity index is 118. The molecule has 0 saturated heterocycles. The first kappa shape index (κ1) is 10.3. The molecule has 0 radical (unpaired) electrons. The molecule has 0 saturated carbocycles. The third-order valence-electron chi connectivity index (χ3n) is 1.18. The molecule has 0 amide bonds. The predicted molar refractivity (Wildman–Crippen MR) is 47.1 cm³/mol. The van der Waals surface area contributed by atoms with Crippen LogP contribution in [0.1, 0.15) is 13.8 Å². The van der Waals surface area contributed by atoms with E-state index in [0.717, 1.165) is 0 Å². The number of hydrogen-bond donors (Lipinski definition) is 0. The van der Waals surface area contributed by atoms with Crippen LogP contribution >= 0.6 is 0 Å². The Hall–Kier alpha value is 0.300. The van der Waals surface area contributed by atoms with E-state index < -0.39 is 21.6 Å². The summed E-state index contributed by atoms with van der Waals surface area (Å²) in [6.45, 7) is 3.76. The smallest absolute Gasteiger partial charge is 0.0350 e. The molecule has 0 aromatic rings. The molecular formula is C6H14O2S2. The molecule has 0 aliphatic rings. The van der Waals surface area contributed by atoms with E-state index in [9.17, 15) is 8.42 Å². The van der Waals surface area contributed by atoms with Crippen LogP contribution in [0.3, 0.4) is 0 Å². The molecule has 2 atom stereocenters. The molecule has 0 bridgehead atoms. The quantitative estimate of drug-likeness (QED) is 0.621. The van der Waals surface area contributed by atoms with Crippen molar-refractivity contribution in [3.05, 3.63) is 0 Å². The lowest BCUT2D eigenvalue weighted by atomic mass is 10.9. The maximum atomic E-state index is 10.8. The number of hydrogen-bond acceptors (Lipinski definition) is 2. The fourth-order valence-electron chi connectivity index (χ4n) is 0.475.